The monoisotopic (exact) mass is 276 g/mol. The van der Waals surface area contributed by atoms with E-state index in [-0.39, 0.29) is 6.04 Å². The Morgan fingerprint density at radius 2 is 2.11 bits per heavy atom. The lowest BCUT2D eigenvalue weighted by Crippen LogP contribution is -2.08. The summed E-state index contributed by atoms with van der Waals surface area (Å²) in [6.45, 7) is 4.25. The van der Waals surface area contributed by atoms with Gasteiger partial charge in [0.2, 0.25) is 0 Å². The van der Waals surface area contributed by atoms with E-state index in [2.05, 4.69) is 33.4 Å². The standard InChI is InChI=1S/C12H12N4S2/c1-8(11-9(2)17-7-15-11)16-4-3-14-12(16)10-5-13-6-18-10/h3-8H,1-2H3. The van der Waals surface area contributed by atoms with Crippen LogP contribution in [-0.4, -0.2) is 19.5 Å². The summed E-state index contributed by atoms with van der Waals surface area (Å²) in [5, 5.41) is 0. The lowest BCUT2D eigenvalue weighted by molar-refractivity contribution is 0.628. The van der Waals surface area contributed by atoms with Crippen LogP contribution in [0.2, 0.25) is 0 Å². The Balaban J connectivity index is 2.04. The molecule has 0 aliphatic rings. The molecule has 0 aliphatic carbocycles. The zero-order valence-corrected chi connectivity index (χ0v) is 11.7. The number of hydrogen-bond donors (Lipinski definition) is 0. The van der Waals surface area contributed by atoms with Gasteiger partial charge in [0.15, 0.2) is 5.82 Å². The van der Waals surface area contributed by atoms with Crippen molar-refractivity contribution in [2.75, 3.05) is 0 Å². The van der Waals surface area contributed by atoms with Gasteiger partial charge in [-0.3, -0.25) is 4.98 Å². The van der Waals surface area contributed by atoms with Gasteiger partial charge in [-0.2, -0.15) is 0 Å². The fraction of sp³-hybridized carbons (Fsp3) is 0.250. The molecule has 3 heterocycles. The lowest BCUT2D eigenvalue weighted by Gasteiger charge is -2.14. The van der Waals surface area contributed by atoms with Crippen LogP contribution in [0.25, 0.3) is 10.7 Å². The van der Waals surface area contributed by atoms with E-state index in [1.54, 1.807) is 22.7 Å². The molecule has 6 heteroatoms. The second-order valence-corrected chi connectivity index (χ2v) is 5.94. The Hall–Kier alpha value is -1.53. The zero-order valence-electron chi connectivity index (χ0n) is 10.1. The molecule has 4 nitrogen and oxygen atoms in total. The molecule has 3 aromatic heterocycles. The van der Waals surface area contributed by atoms with E-state index < -0.39 is 0 Å². The summed E-state index contributed by atoms with van der Waals surface area (Å²) in [5.74, 6) is 0.956. The van der Waals surface area contributed by atoms with E-state index in [1.165, 1.54) is 4.88 Å². The molecule has 0 saturated heterocycles. The van der Waals surface area contributed by atoms with Crippen LogP contribution >= 0.6 is 22.7 Å². The van der Waals surface area contributed by atoms with Gasteiger partial charge in [-0.15, -0.1) is 22.7 Å². The normalized spacial score (nSPS) is 12.8. The molecule has 0 saturated carbocycles. The summed E-state index contributed by atoms with van der Waals surface area (Å²) in [4.78, 5) is 15.3. The van der Waals surface area contributed by atoms with Crippen molar-refractivity contribution in [3.63, 3.8) is 0 Å². The number of thiazole rings is 2. The van der Waals surface area contributed by atoms with Gasteiger partial charge >= 0.3 is 0 Å². The third-order valence-corrected chi connectivity index (χ3v) is 4.46. The molecule has 0 aromatic carbocycles. The summed E-state index contributed by atoms with van der Waals surface area (Å²) in [6.07, 6.45) is 5.68. The van der Waals surface area contributed by atoms with Crippen LogP contribution in [0.15, 0.2) is 29.6 Å². The predicted molar refractivity (Wildman–Crippen MR) is 74.0 cm³/mol. The molecule has 0 N–H and O–H groups in total. The quantitative estimate of drug-likeness (QED) is 0.736. The van der Waals surface area contributed by atoms with Gasteiger partial charge in [-0.25, -0.2) is 9.97 Å². The summed E-state index contributed by atoms with van der Waals surface area (Å²) in [5.41, 5.74) is 4.83. The van der Waals surface area contributed by atoms with Crippen LogP contribution in [0, 0.1) is 6.92 Å². The second-order valence-electron chi connectivity index (χ2n) is 3.99. The third kappa shape index (κ3) is 1.87. The van der Waals surface area contributed by atoms with Gasteiger partial charge in [-0.1, -0.05) is 0 Å². The molecule has 0 spiro atoms. The van der Waals surface area contributed by atoms with E-state index in [0.29, 0.717) is 0 Å². The van der Waals surface area contributed by atoms with Crippen molar-refractivity contribution in [2.24, 2.45) is 0 Å². The largest absolute Gasteiger partial charge is 0.321 e. The Morgan fingerprint density at radius 3 is 2.78 bits per heavy atom. The minimum absolute atomic E-state index is 0.191. The zero-order chi connectivity index (χ0) is 12.5. The summed E-state index contributed by atoms with van der Waals surface area (Å²) >= 11 is 3.28. The van der Waals surface area contributed by atoms with Crippen molar-refractivity contribution in [1.82, 2.24) is 19.5 Å². The van der Waals surface area contributed by atoms with Gasteiger partial charge < -0.3 is 4.57 Å². The van der Waals surface area contributed by atoms with Crippen LogP contribution in [0.4, 0.5) is 0 Å². The molecule has 1 unspecified atom stereocenters. The van der Waals surface area contributed by atoms with E-state index in [9.17, 15) is 0 Å². The third-order valence-electron chi connectivity index (χ3n) is 2.92. The number of rotatable bonds is 3. The van der Waals surface area contributed by atoms with E-state index in [4.69, 9.17) is 0 Å². The summed E-state index contributed by atoms with van der Waals surface area (Å²) in [6, 6.07) is 0.191. The molecule has 18 heavy (non-hydrogen) atoms. The molecule has 92 valence electrons. The second kappa shape index (κ2) is 4.62. The van der Waals surface area contributed by atoms with E-state index in [0.717, 1.165) is 16.4 Å². The number of aromatic nitrogens is 4. The van der Waals surface area contributed by atoms with E-state index in [1.807, 2.05) is 29.6 Å². The number of hydrogen-bond acceptors (Lipinski definition) is 5. The first-order valence-electron chi connectivity index (χ1n) is 5.59. The first-order chi connectivity index (χ1) is 8.77. The van der Waals surface area contributed by atoms with E-state index >= 15 is 0 Å². The topological polar surface area (TPSA) is 43.6 Å². The van der Waals surface area contributed by atoms with Crippen molar-refractivity contribution in [2.45, 2.75) is 19.9 Å². The number of imidazole rings is 1. The van der Waals surface area contributed by atoms with Crippen LogP contribution in [0.1, 0.15) is 23.5 Å². The molecule has 3 aromatic rings. The molecule has 0 amide bonds. The molecule has 0 bridgehead atoms. The van der Waals surface area contributed by atoms with Gasteiger partial charge in [0.05, 0.1) is 27.6 Å². The Kier molecular flexibility index (Phi) is 2.97. The van der Waals surface area contributed by atoms with Crippen LogP contribution in [-0.2, 0) is 0 Å². The van der Waals surface area contributed by atoms with Gasteiger partial charge in [0.1, 0.15) is 0 Å². The smallest absolute Gasteiger partial charge is 0.152 e. The maximum absolute atomic E-state index is 4.45. The maximum atomic E-state index is 4.45. The molecule has 0 radical (unpaired) electrons. The summed E-state index contributed by atoms with van der Waals surface area (Å²) in [7, 11) is 0. The van der Waals surface area contributed by atoms with Crippen molar-refractivity contribution < 1.29 is 0 Å². The molecule has 1 atom stereocenters. The molecular weight excluding hydrogens is 264 g/mol. The summed E-state index contributed by atoms with van der Waals surface area (Å²) < 4.78 is 2.15. The number of nitrogens with zero attached hydrogens (tertiary/aromatic N) is 4. The highest BCUT2D eigenvalue weighted by Gasteiger charge is 2.17. The highest BCUT2D eigenvalue weighted by atomic mass is 32.1. The highest BCUT2D eigenvalue weighted by Crippen LogP contribution is 2.29. The van der Waals surface area contributed by atoms with Crippen molar-refractivity contribution in [3.8, 4) is 10.7 Å². The maximum Gasteiger partial charge on any atom is 0.152 e. The Bertz CT molecular complexity index is 639. The Morgan fingerprint density at radius 1 is 1.22 bits per heavy atom. The fourth-order valence-corrected chi connectivity index (χ4v) is 3.28. The highest BCUT2D eigenvalue weighted by molar-refractivity contribution is 7.13. The predicted octanol–water partition coefficient (Wildman–Crippen LogP) is 3.38. The van der Waals surface area contributed by atoms with Gasteiger partial charge in [0.25, 0.3) is 0 Å². The van der Waals surface area contributed by atoms with Gasteiger partial charge in [-0.05, 0) is 13.8 Å². The minimum atomic E-state index is 0.191. The van der Waals surface area contributed by atoms with Crippen molar-refractivity contribution >= 4 is 22.7 Å². The van der Waals surface area contributed by atoms with Crippen molar-refractivity contribution in [3.05, 3.63) is 40.2 Å². The van der Waals surface area contributed by atoms with Crippen molar-refractivity contribution in [1.29, 1.82) is 0 Å². The minimum Gasteiger partial charge on any atom is -0.321 e. The van der Waals surface area contributed by atoms with Crippen LogP contribution in [0.5, 0.6) is 0 Å². The molecular formula is C12H12N4S2. The van der Waals surface area contributed by atoms with Gasteiger partial charge in [0, 0.05) is 23.5 Å². The fourth-order valence-electron chi connectivity index (χ4n) is 1.99. The molecule has 0 aliphatic heterocycles. The molecule has 3 rings (SSSR count). The first kappa shape index (κ1) is 11.6. The Labute approximate surface area is 113 Å². The molecule has 0 fully saturated rings. The SMILES string of the molecule is Cc1scnc1C(C)n1ccnc1-c1cncs1. The number of aryl methyl sites for hydroxylation is 1. The first-order valence-corrected chi connectivity index (χ1v) is 7.35. The van der Waals surface area contributed by atoms with Crippen LogP contribution < -0.4 is 0 Å². The van der Waals surface area contributed by atoms with Crippen LogP contribution in [0.3, 0.4) is 0 Å². The average Bonchev–Trinajstić information content (AvgIpc) is 3.09. The average molecular weight is 276 g/mol. The lowest BCUT2D eigenvalue weighted by atomic mass is 10.2.